The summed E-state index contributed by atoms with van der Waals surface area (Å²) < 4.78 is 15.4. The molecule has 2 N–H and O–H groups in total. The van der Waals surface area contributed by atoms with Crippen molar-refractivity contribution in [2.75, 3.05) is 0 Å². The minimum absolute atomic E-state index is 0.0265. The molecule has 0 atom stereocenters. The van der Waals surface area contributed by atoms with Crippen molar-refractivity contribution < 1.29 is 18.9 Å². The van der Waals surface area contributed by atoms with Crippen LogP contribution in [-0.4, -0.2) is 15.4 Å². The van der Waals surface area contributed by atoms with Gasteiger partial charge < -0.3 is 9.79 Å². The number of hydrogen-bond acceptors (Lipinski definition) is 2. The minimum Gasteiger partial charge on any atom is -0.303 e. The van der Waals surface area contributed by atoms with E-state index in [1.807, 2.05) is 6.92 Å². The minimum atomic E-state index is -4.38. The van der Waals surface area contributed by atoms with E-state index in [9.17, 15) is 4.57 Å². The first-order valence-corrected chi connectivity index (χ1v) is 6.27. The fourth-order valence-corrected chi connectivity index (χ4v) is 2.34. The molecule has 86 valence electrons. The van der Waals surface area contributed by atoms with Crippen molar-refractivity contribution in [1.29, 1.82) is 0 Å². The van der Waals surface area contributed by atoms with E-state index < -0.39 is 13.4 Å². The van der Waals surface area contributed by atoms with E-state index in [0.29, 0.717) is 6.42 Å². The average Bonchev–Trinajstić information content (AvgIpc) is 1.78. The Bertz CT molecular complexity index is 229. The highest BCUT2D eigenvalue weighted by atomic mass is 31.2. The first kappa shape index (κ1) is 14.1. The van der Waals surface area contributed by atoms with Crippen molar-refractivity contribution in [1.82, 2.24) is 0 Å². The molecule has 0 spiro atoms. The van der Waals surface area contributed by atoms with E-state index in [1.165, 1.54) is 0 Å². The van der Waals surface area contributed by atoms with Crippen LogP contribution in [0.15, 0.2) is 0 Å². The zero-order chi connectivity index (χ0) is 11.6. The van der Waals surface area contributed by atoms with Gasteiger partial charge in [-0.25, -0.2) is 4.57 Å². The zero-order valence-electron chi connectivity index (χ0n) is 9.57. The molecule has 0 aromatic heterocycles. The van der Waals surface area contributed by atoms with Crippen LogP contribution >= 0.6 is 7.82 Å². The molecule has 0 fully saturated rings. The standard InChI is InChI=1S/C9H21O4P/c1-6-8(2,3)7-9(4,5)13-14(10,11)12/h6-7H2,1-5H3,(H2,10,11,12). The lowest BCUT2D eigenvalue weighted by atomic mass is 9.80. The Morgan fingerprint density at radius 1 is 1.21 bits per heavy atom. The maximum absolute atomic E-state index is 10.7. The number of phosphoric ester groups is 1. The van der Waals surface area contributed by atoms with Gasteiger partial charge in [0.05, 0.1) is 5.60 Å². The van der Waals surface area contributed by atoms with E-state index in [1.54, 1.807) is 13.8 Å². The monoisotopic (exact) mass is 224 g/mol. The summed E-state index contributed by atoms with van der Waals surface area (Å²) in [5.41, 5.74) is -0.767. The number of hydrogen-bond donors (Lipinski definition) is 2. The number of phosphoric acid groups is 1. The van der Waals surface area contributed by atoms with E-state index in [4.69, 9.17) is 14.3 Å². The molecular formula is C9H21O4P. The third-order valence-corrected chi connectivity index (χ3v) is 2.96. The Balaban J connectivity index is 4.42. The highest BCUT2D eigenvalue weighted by molar-refractivity contribution is 7.46. The van der Waals surface area contributed by atoms with Crippen LogP contribution in [0.25, 0.3) is 0 Å². The summed E-state index contributed by atoms with van der Waals surface area (Å²) in [6.07, 6.45) is 1.56. The van der Waals surface area contributed by atoms with Gasteiger partial charge in [-0.2, -0.15) is 0 Å². The molecule has 0 aliphatic carbocycles. The Hall–Kier alpha value is 0.110. The maximum atomic E-state index is 10.7. The van der Waals surface area contributed by atoms with E-state index in [2.05, 4.69) is 13.8 Å². The van der Waals surface area contributed by atoms with E-state index in [-0.39, 0.29) is 5.41 Å². The highest BCUT2D eigenvalue weighted by Crippen LogP contribution is 2.45. The van der Waals surface area contributed by atoms with E-state index in [0.717, 1.165) is 6.42 Å². The largest absolute Gasteiger partial charge is 0.470 e. The van der Waals surface area contributed by atoms with Crippen LogP contribution in [-0.2, 0) is 9.09 Å². The Labute approximate surface area is 85.9 Å². The SMILES string of the molecule is CCC(C)(C)CC(C)(C)OP(=O)(O)O. The van der Waals surface area contributed by atoms with Gasteiger partial charge in [-0.1, -0.05) is 27.2 Å². The summed E-state index contributed by atoms with van der Waals surface area (Å²) in [4.78, 5) is 17.4. The Morgan fingerprint density at radius 2 is 1.64 bits per heavy atom. The molecule has 0 heterocycles. The van der Waals surface area contributed by atoms with Gasteiger partial charge in [-0.05, 0) is 25.7 Å². The van der Waals surface area contributed by atoms with Gasteiger partial charge in [0.25, 0.3) is 0 Å². The van der Waals surface area contributed by atoms with Crippen LogP contribution in [0.2, 0.25) is 0 Å². The van der Waals surface area contributed by atoms with Gasteiger partial charge in [0.2, 0.25) is 0 Å². The fourth-order valence-electron chi connectivity index (χ4n) is 1.63. The van der Waals surface area contributed by atoms with Gasteiger partial charge in [-0.3, -0.25) is 4.52 Å². The average molecular weight is 224 g/mol. The lowest BCUT2D eigenvalue weighted by molar-refractivity contribution is 0.0261. The second kappa shape index (κ2) is 4.31. The topological polar surface area (TPSA) is 66.8 Å². The summed E-state index contributed by atoms with van der Waals surface area (Å²) in [6, 6.07) is 0. The summed E-state index contributed by atoms with van der Waals surface area (Å²) in [6.45, 7) is 9.55. The molecule has 0 bridgehead atoms. The Kier molecular flexibility index (Phi) is 4.35. The molecule has 0 aromatic carbocycles. The number of rotatable bonds is 5. The molecular weight excluding hydrogens is 203 g/mol. The van der Waals surface area contributed by atoms with Crippen molar-refractivity contribution in [2.24, 2.45) is 5.41 Å². The predicted molar refractivity (Wildman–Crippen MR) is 55.9 cm³/mol. The van der Waals surface area contributed by atoms with Crippen LogP contribution in [0.1, 0.15) is 47.5 Å². The summed E-state index contributed by atoms with van der Waals surface area (Å²) in [5, 5.41) is 0. The molecule has 0 aliphatic heterocycles. The lowest BCUT2D eigenvalue weighted by Crippen LogP contribution is -2.30. The van der Waals surface area contributed by atoms with Crippen LogP contribution in [0.4, 0.5) is 0 Å². The van der Waals surface area contributed by atoms with Crippen molar-refractivity contribution in [3.05, 3.63) is 0 Å². The third kappa shape index (κ3) is 6.55. The first-order valence-electron chi connectivity index (χ1n) is 4.74. The molecule has 0 rings (SSSR count). The Morgan fingerprint density at radius 3 is 1.93 bits per heavy atom. The molecule has 4 nitrogen and oxygen atoms in total. The maximum Gasteiger partial charge on any atom is 0.470 e. The molecule has 0 saturated heterocycles. The lowest BCUT2D eigenvalue weighted by Gasteiger charge is -2.34. The molecule has 0 aliphatic rings. The first-order chi connectivity index (χ1) is 5.97. The predicted octanol–water partition coefficient (Wildman–Crippen LogP) is 2.70. The summed E-state index contributed by atoms with van der Waals surface area (Å²) in [5.74, 6) is 0. The van der Waals surface area contributed by atoms with Crippen molar-refractivity contribution in [3.8, 4) is 0 Å². The van der Waals surface area contributed by atoms with E-state index >= 15 is 0 Å². The quantitative estimate of drug-likeness (QED) is 0.704. The van der Waals surface area contributed by atoms with Crippen molar-refractivity contribution in [3.63, 3.8) is 0 Å². The second-order valence-corrected chi connectivity index (χ2v) is 6.20. The summed E-state index contributed by atoms with van der Waals surface area (Å²) >= 11 is 0. The molecule has 0 unspecified atom stereocenters. The third-order valence-electron chi connectivity index (χ3n) is 2.23. The fraction of sp³-hybridized carbons (Fsp3) is 1.00. The van der Waals surface area contributed by atoms with Gasteiger partial charge in [0.15, 0.2) is 0 Å². The molecule has 0 radical (unpaired) electrons. The molecule has 0 amide bonds. The zero-order valence-corrected chi connectivity index (χ0v) is 10.5. The van der Waals surface area contributed by atoms with Crippen LogP contribution in [0, 0.1) is 5.41 Å². The molecule has 5 heteroatoms. The smallest absolute Gasteiger partial charge is 0.303 e. The molecule has 0 aromatic rings. The van der Waals surface area contributed by atoms with Gasteiger partial charge in [0, 0.05) is 0 Å². The van der Waals surface area contributed by atoms with Crippen LogP contribution < -0.4 is 0 Å². The van der Waals surface area contributed by atoms with Crippen molar-refractivity contribution in [2.45, 2.75) is 53.1 Å². The molecule has 14 heavy (non-hydrogen) atoms. The normalized spacial score (nSPS) is 14.5. The second-order valence-electron chi connectivity index (χ2n) is 5.04. The van der Waals surface area contributed by atoms with Crippen LogP contribution in [0.5, 0.6) is 0 Å². The van der Waals surface area contributed by atoms with Gasteiger partial charge in [0.1, 0.15) is 0 Å². The van der Waals surface area contributed by atoms with Gasteiger partial charge >= 0.3 is 7.82 Å². The molecule has 0 saturated carbocycles. The van der Waals surface area contributed by atoms with Crippen molar-refractivity contribution >= 4 is 7.82 Å². The van der Waals surface area contributed by atoms with Gasteiger partial charge in [-0.15, -0.1) is 0 Å². The van der Waals surface area contributed by atoms with Crippen LogP contribution in [0.3, 0.4) is 0 Å². The summed E-state index contributed by atoms with van der Waals surface area (Å²) in [7, 11) is -4.38. The highest BCUT2D eigenvalue weighted by Gasteiger charge is 2.33.